The van der Waals surface area contributed by atoms with Crippen molar-refractivity contribution in [2.45, 2.75) is 20.8 Å². The largest absolute Gasteiger partial charge is 0.465 e. The number of amides is 2. The molecule has 6 nitrogen and oxygen atoms in total. The van der Waals surface area contributed by atoms with Crippen molar-refractivity contribution in [2.75, 3.05) is 10.6 Å². The second-order valence-corrected chi connectivity index (χ2v) is 8.68. The monoisotopic (exact) mass is 434 g/mol. The van der Waals surface area contributed by atoms with Crippen molar-refractivity contribution in [3.05, 3.63) is 51.5 Å². The fourth-order valence-corrected chi connectivity index (χ4v) is 5.14. The second-order valence-electron chi connectivity index (χ2n) is 5.95. The molecule has 0 aliphatic carbocycles. The van der Waals surface area contributed by atoms with Crippen LogP contribution in [0.2, 0.25) is 0 Å². The van der Waals surface area contributed by atoms with E-state index >= 15 is 0 Å². The van der Waals surface area contributed by atoms with Gasteiger partial charge in [0.2, 0.25) is 4.70 Å². The van der Waals surface area contributed by atoms with Crippen molar-refractivity contribution in [1.29, 1.82) is 0 Å². The molecule has 1 atom stereocenters. The summed E-state index contributed by atoms with van der Waals surface area (Å²) >= 11 is 3.40. The minimum absolute atomic E-state index is 0.130. The van der Waals surface area contributed by atoms with Crippen molar-refractivity contribution in [2.24, 2.45) is 0 Å². The van der Waals surface area contributed by atoms with Crippen LogP contribution in [-0.2, 0) is 0 Å². The quantitative estimate of drug-likeness (QED) is 0.451. The van der Waals surface area contributed by atoms with Gasteiger partial charge in [0.15, 0.2) is 0 Å². The Morgan fingerprint density at radius 3 is 2.35 bits per heavy atom. The third-order valence-corrected chi connectivity index (χ3v) is 6.17. The van der Waals surface area contributed by atoms with Gasteiger partial charge < -0.3 is 5.11 Å². The number of rotatable bonds is 3. The highest BCUT2D eigenvalue weighted by Gasteiger charge is 2.32. The lowest BCUT2D eigenvalue weighted by molar-refractivity contribution is 0.209. The molecule has 0 spiro atoms. The van der Waals surface area contributed by atoms with Gasteiger partial charge in [-0.15, -0.1) is 0 Å². The van der Waals surface area contributed by atoms with E-state index in [1.165, 1.54) is 0 Å². The summed E-state index contributed by atoms with van der Waals surface area (Å²) in [6.45, 7) is 5.87. The number of carboxylic acid groups (broad SMARTS) is 1. The SMILES string of the molecule is Cc1cc(C)c(NC(=O)[s+]2c(NC(=O)O)nc3ccc(Br)cc32)c(C)c1. The predicted molar refractivity (Wildman–Crippen MR) is 109 cm³/mol. The first-order chi connectivity index (χ1) is 12.3. The van der Waals surface area contributed by atoms with Gasteiger partial charge in [-0.3, -0.25) is 5.32 Å². The maximum atomic E-state index is 13.0. The number of carbonyl (C=O) groups excluding carboxylic acids is 1. The summed E-state index contributed by atoms with van der Waals surface area (Å²) in [6, 6.07) is 9.35. The van der Waals surface area contributed by atoms with Crippen LogP contribution in [0, 0.1) is 20.8 Å². The molecule has 3 rings (SSSR count). The zero-order chi connectivity index (χ0) is 19.0. The smallest absolute Gasteiger partial charge is 0.464 e. The molecule has 3 aromatic rings. The molecule has 0 saturated carbocycles. The highest BCUT2D eigenvalue weighted by atomic mass is 79.9. The average molecular weight is 435 g/mol. The van der Waals surface area contributed by atoms with Crippen molar-refractivity contribution < 1.29 is 14.7 Å². The summed E-state index contributed by atoms with van der Waals surface area (Å²) in [5, 5.41) is 14.1. The number of hydrogen-bond donors (Lipinski definition) is 3. The van der Waals surface area contributed by atoms with Crippen LogP contribution in [0.25, 0.3) is 10.2 Å². The molecule has 0 fully saturated rings. The van der Waals surface area contributed by atoms with Crippen molar-refractivity contribution in [3.8, 4) is 0 Å². The average Bonchev–Trinajstić information content (AvgIpc) is 2.86. The molecule has 2 aromatic carbocycles. The van der Waals surface area contributed by atoms with Gasteiger partial charge in [0.25, 0.3) is 0 Å². The summed E-state index contributed by atoms with van der Waals surface area (Å²) in [4.78, 5) is 28.5. The number of thiazole rings is 1. The van der Waals surface area contributed by atoms with E-state index in [2.05, 4.69) is 31.5 Å². The number of aryl methyl sites for hydroxylation is 3. The lowest BCUT2D eigenvalue weighted by Crippen LogP contribution is -2.12. The van der Waals surface area contributed by atoms with Gasteiger partial charge in [-0.05, 0) is 44.0 Å². The normalized spacial score (nSPS) is 11.5. The van der Waals surface area contributed by atoms with Crippen LogP contribution in [0.4, 0.5) is 20.4 Å². The van der Waals surface area contributed by atoms with Crippen LogP contribution in [0.1, 0.15) is 16.7 Å². The maximum absolute atomic E-state index is 13.0. The van der Waals surface area contributed by atoms with E-state index < -0.39 is 16.6 Å². The molecule has 134 valence electrons. The van der Waals surface area contributed by atoms with Crippen molar-refractivity contribution in [3.63, 3.8) is 0 Å². The van der Waals surface area contributed by atoms with Gasteiger partial charge in [0.1, 0.15) is 16.0 Å². The standard InChI is InChI=1S/C18H16BrN3O3S/c1-9-6-10(2)15(11(3)7-9)21-18(25)26-14-8-12(19)4-5-13(14)20-16(26)22-17(23)24/h4-8H,1-3H3,(H2-,20,21,22,23,24,25)/p+1. The van der Waals surface area contributed by atoms with E-state index in [1.807, 2.05) is 32.9 Å². The van der Waals surface area contributed by atoms with Gasteiger partial charge in [-0.1, -0.05) is 33.6 Å². The van der Waals surface area contributed by atoms with Gasteiger partial charge >= 0.3 is 16.5 Å². The predicted octanol–water partition coefficient (Wildman–Crippen LogP) is 5.84. The van der Waals surface area contributed by atoms with Crippen molar-refractivity contribution >= 4 is 58.8 Å². The molecule has 1 unspecified atom stereocenters. The Morgan fingerprint density at radius 2 is 1.73 bits per heavy atom. The Kier molecular flexibility index (Phi) is 4.97. The topological polar surface area (TPSA) is 91.3 Å². The molecular formula is C18H17BrN3O3S+. The highest BCUT2D eigenvalue weighted by molar-refractivity contribution is 9.10. The van der Waals surface area contributed by atoms with E-state index in [1.54, 1.807) is 18.2 Å². The Bertz CT molecular complexity index is 1020. The fraction of sp³-hybridized carbons (Fsp3) is 0.167. The first-order valence-electron chi connectivity index (χ1n) is 7.77. The first-order valence-corrected chi connectivity index (χ1v) is 9.79. The Morgan fingerprint density at radius 1 is 1.08 bits per heavy atom. The van der Waals surface area contributed by atoms with Crippen LogP contribution < -0.4 is 10.6 Å². The summed E-state index contributed by atoms with van der Waals surface area (Å²) < 4.78 is 1.49. The van der Waals surface area contributed by atoms with Crippen LogP contribution in [0.3, 0.4) is 0 Å². The molecule has 0 saturated heterocycles. The Hall–Kier alpha value is -2.45. The van der Waals surface area contributed by atoms with Gasteiger partial charge in [0.05, 0.1) is 5.69 Å². The molecule has 0 radical (unpaired) electrons. The minimum Gasteiger partial charge on any atom is -0.465 e. The minimum atomic E-state index is -1.25. The van der Waals surface area contributed by atoms with E-state index in [-0.39, 0.29) is 10.4 Å². The third-order valence-electron chi connectivity index (χ3n) is 3.86. The second kappa shape index (κ2) is 7.05. The number of carbonyl (C=O) groups is 2. The lowest BCUT2D eigenvalue weighted by Gasteiger charge is -2.10. The van der Waals surface area contributed by atoms with E-state index in [4.69, 9.17) is 5.11 Å². The van der Waals surface area contributed by atoms with Crippen LogP contribution >= 0.6 is 26.4 Å². The molecule has 2 amide bonds. The number of aromatic nitrogens is 1. The Labute approximate surface area is 161 Å². The molecule has 1 aromatic heterocycles. The summed E-state index contributed by atoms with van der Waals surface area (Å²) in [6.07, 6.45) is -1.25. The zero-order valence-electron chi connectivity index (χ0n) is 14.4. The fourth-order valence-electron chi connectivity index (χ4n) is 2.89. The number of hydrogen-bond acceptors (Lipinski definition) is 3. The zero-order valence-corrected chi connectivity index (χ0v) is 16.8. The van der Waals surface area contributed by atoms with Gasteiger partial charge in [0, 0.05) is 10.5 Å². The molecule has 1 heterocycles. The number of halogens is 1. The lowest BCUT2D eigenvalue weighted by atomic mass is 10.1. The van der Waals surface area contributed by atoms with Crippen LogP contribution in [0.5, 0.6) is 0 Å². The maximum Gasteiger partial charge on any atom is 0.464 e. The highest BCUT2D eigenvalue weighted by Crippen LogP contribution is 2.41. The molecule has 0 aliphatic heterocycles. The number of nitrogens with one attached hydrogen (secondary N) is 2. The van der Waals surface area contributed by atoms with Crippen LogP contribution in [-0.4, -0.2) is 21.4 Å². The summed E-state index contributed by atoms with van der Waals surface area (Å²) in [5.74, 6) is 0. The van der Waals surface area contributed by atoms with E-state index in [0.717, 1.165) is 26.9 Å². The molecule has 8 heteroatoms. The van der Waals surface area contributed by atoms with Crippen molar-refractivity contribution in [1.82, 2.24) is 4.98 Å². The Balaban J connectivity index is 2.10. The third kappa shape index (κ3) is 3.56. The molecular weight excluding hydrogens is 418 g/mol. The number of nitrogens with zero attached hydrogens (tertiary/aromatic N) is 1. The number of benzene rings is 2. The molecule has 3 N–H and O–H groups in total. The summed E-state index contributed by atoms with van der Waals surface area (Å²) in [5.41, 5.74) is 4.36. The van der Waals surface area contributed by atoms with E-state index in [0.29, 0.717) is 10.2 Å². The summed E-state index contributed by atoms with van der Waals surface area (Å²) in [7, 11) is -1.16. The number of anilines is 2. The van der Waals surface area contributed by atoms with Crippen LogP contribution in [0.15, 0.2) is 34.8 Å². The molecule has 26 heavy (non-hydrogen) atoms. The molecule has 0 bridgehead atoms. The van der Waals surface area contributed by atoms with Gasteiger partial charge in [-0.25, -0.2) is 14.9 Å². The first kappa shape index (κ1) is 18.3. The van der Waals surface area contributed by atoms with E-state index in [9.17, 15) is 9.59 Å². The molecule has 0 aliphatic rings. The number of fused-ring (bicyclic) bond motifs is 1. The van der Waals surface area contributed by atoms with Gasteiger partial charge in [-0.2, -0.15) is 4.98 Å².